The molecule has 2 N–H and O–H groups in total. The Morgan fingerprint density at radius 2 is 1.94 bits per heavy atom. The van der Waals surface area contributed by atoms with Gasteiger partial charge in [-0.2, -0.15) is 0 Å². The fourth-order valence-corrected chi connectivity index (χ4v) is 1.69. The number of nitrogens with zero attached hydrogens (tertiary/aromatic N) is 2. The maximum atomic E-state index is 5.62. The predicted octanol–water partition coefficient (Wildman–Crippen LogP) is 2.41. The number of hydrogen-bond acceptors (Lipinski definition) is 3. The van der Waals surface area contributed by atoms with Crippen molar-refractivity contribution in [2.75, 3.05) is 5.73 Å². The molecule has 0 saturated heterocycles. The van der Waals surface area contributed by atoms with E-state index in [9.17, 15) is 0 Å². The van der Waals surface area contributed by atoms with Crippen LogP contribution in [0.3, 0.4) is 0 Å². The molecule has 82 valence electrons. The third kappa shape index (κ3) is 2.57. The molecule has 1 heterocycles. The Morgan fingerprint density at radius 1 is 1.19 bits per heavy atom. The minimum atomic E-state index is 0.406. The highest BCUT2D eigenvalue weighted by atomic mass is 14.9. The second kappa shape index (κ2) is 4.75. The molecule has 0 fully saturated rings. The molecule has 0 aliphatic heterocycles. The number of nitrogen functional groups attached to an aromatic ring is 1. The van der Waals surface area contributed by atoms with Gasteiger partial charge in [-0.15, -0.1) is 0 Å². The smallest absolute Gasteiger partial charge is 0.131 e. The van der Waals surface area contributed by atoms with Crippen LogP contribution in [0.25, 0.3) is 0 Å². The van der Waals surface area contributed by atoms with E-state index in [4.69, 9.17) is 5.73 Å². The molecule has 0 bridgehead atoms. The summed E-state index contributed by atoms with van der Waals surface area (Å²) in [5.41, 5.74) is 6.92. The number of benzene rings is 1. The Labute approximate surface area is 95.4 Å². The van der Waals surface area contributed by atoms with E-state index in [-0.39, 0.29) is 0 Å². The van der Waals surface area contributed by atoms with Gasteiger partial charge in [-0.1, -0.05) is 37.3 Å². The monoisotopic (exact) mass is 213 g/mol. The first-order chi connectivity index (χ1) is 7.75. The summed E-state index contributed by atoms with van der Waals surface area (Å²) in [5, 5.41) is 0. The fraction of sp³-hybridized carbons (Fsp3) is 0.231. The summed E-state index contributed by atoms with van der Waals surface area (Å²) in [6.45, 7) is 2.17. The maximum absolute atomic E-state index is 5.62. The zero-order valence-corrected chi connectivity index (χ0v) is 9.30. The first-order valence-electron chi connectivity index (χ1n) is 5.38. The van der Waals surface area contributed by atoms with Crippen molar-refractivity contribution in [3.05, 3.63) is 54.0 Å². The topological polar surface area (TPSA) is 51.8 Å². The molecule has 3 nitrogen and oxygen atoms in total. The Morgan fingerprint density at radius 3 is 2.62 bits per heavy atom. The molecule has 3 heteroatoms. The van der Waals surface area contributed by atoms with Crippen LogP contribution in [-0.2, 0) is 6.42 Å². The summed E-state index contributed by atoms with van der Waals surface area (Å²) >= 11 is 0. The quantitative estimate of drug-likeness (QED) is 0.851. The van der Waals surface area contributed by atoms with E-state index in [0.29, 0.717) is 11.7 Å². The van der Waals surface area contributed by atoms with Crippen molar-refractivity contribution in [1.82, 2.24) is 9.97 Å². The van der Waals surface area contributed by atoms with Gasteiger partial charge in [0.25, 0.3) is 0 Å². The SMILES string of the molecule is CC(Cc1nccc(N)n1)c1ccccc1. The first-order valence-corrected chi connectivity index (χ1v) is 5.38. The average Bonchev–Trinajstić information content (AvgIpc) is 2.30. The lowest BCUT2D eigenvalue weighted by atomic mass is 9.98. The highest BCUT2D eigenvalue weighted by Gasteiger charge is 2.07. The minimum Gasteiger partial charge on any atom is -0.384 e. The number of hydrogen-bond donors (Lipinski definition) is 1. The van der Waals surface area contributed by atoms with E-state index in [0.717, 1.165) is 12.2 Å². The Kier molecular flexibility index (Phi) is 3.15. The summed E-state index contributed by atoms with van der Waals surface area (Å²) in [6, 6.07) is 12.1. The summed E-state index contributed by atoms with van der Waals surface area (Å²) < 4.78 is 0. The van der Waals surface area contributed by atoms with Gasteiger partial charge in [-0.05, 0) is 17.5 Å². The number of anilines is 1. The van der Waals surface area contributed by atoms with Crippen LogP contribution in [0.5, 0.6) is 0 Å². The highest BCUT2D eigenvalue weighted by Crippen LogP contribution is 2.18. The molecule has 0 saturated carbocycles. The molecular formula is C13H15N3. The Hall–Kier alpha value is -1.90. The van der Waals surface area contributed by atoms with E-state index < -0.39 is 0 Å². The van der Waals surface area contributed by atoms with Crippen molar-refractivity contribution in [2.24, 2.45) is 0 Å². The third-order valence-corrected chi connectivity index (χ3v) is 2.58. The van der Waals surface area contributed by atoms with Crippen LogP contribution in [0, 0.1) is 0 Å². The highest BCUT2D eigenvalue weighted by molar-refractivity contribution is 5.26. The zero-order chi connectivity index (χ0) is 11.4. The summed E-state index contributed by atoms with van der Waals surface area (Å²) in [5.74, 6) is 1.74. The molecule has 1 atom stereocenters. The van der Waals surface area contributed by atoms with Crippen LogP contribution < -0.4 is 5.73 Å². The first kappa shape index (κ1) is 10.6. The average molecular weight is 213 g/mol. The Bertz CT molecular complexity index is 454. The van der Waals surface area contributed by atoms with Gasteiger partial charge in [-0.3, -0.25) is 0 Å². The summed E-state index contributed by atoms with van der Waals surface area (Å²) in [4.78, 5) is 8.42. The van der Waals surface area contributed by atoms with Crippen LogP contribution in [0.2, 0.25) is 0 Å². The lowest BCUT2D eigenvalue weighted by molar-refractivity contribution is 0.719. The van der Waals surface area contributed by atoms with Crippen LogP contribution in [0.15, 0.2) is 42.6 Å². The van der Waals surface area contributed by atoms with E-state index in [2.05, 4.69) is 29.0 Å². The molecule has 0 aliphatic carbocycles. The third-order valence-electron chi connectivity index (χ3n) is 2.58. The molecule has 2 rings (SSSR count). The summed E-state index contributed by atoms with van der Waals surface area (Å²) in [6.07, 6.45) is 2.52. The van der Waals surface area contributed by atoms with Crippen molar-refractivity contribution in [3.8, 4) is 0 Å². The number of rotatable bonds is 3. The molecule has 0 aliphatic rings. The number of nitrogens with two attached hydrogens (primary N) is 1. The van der Waals surface area contributed by atoms with E-state index in [1.165, 1.54) is 5.56 Å². The van der Waals surface area contributed by atoms with Crippen molar-refractivity contribution < 1.29 is 0 Å². The van der Waals surface area contributed by atoms with Crippen LogP contribution in [0.4, 0.5) is 5.82 Å². The predicted molar refractivity (Wildman–Crippen MR) is 65.0 cm³/mol. The van der Waals surface area contributed by atoms with Crippen LogP contribution in [0.1, 0.15) is 24.2 Å². The van der Waals surface area contributed by atoms with Crippen LogP contribution >= 0.6 is 0 Å². The van der Waals surface area contributed by atoms with Gasteiger partial charge < -0.3 is 5.73 Å². The molecule has 16 heavy (non-hydrogen) atoms. The lowest BCUT2D eigenvalue weighted by Crippen LogP contribution is -2.04. The van der Waals surface area contributed by atoms with Crippen molar-refractivity contribution >= 4 is 5.82 Å². The van der Waals surface area contributed by atoms with Gasteiger partial charge in [0.2, 0.25) is 0 Å². The molecule has 1 aromatic carbocycles. The second-order valence-corrected chi connectivity index (χ2v) is 3.91. The van der Waals surface area contributed by atoms with E-state index >= 15 is 0 Å². The largest absolute Gasteiger partial charge is 0.384 e. The molecule has 1 unspecified atom stereocenters. The van der Waals surface area contributed by atoms with Gasteiger partial charge in [0.15, 0.2) is 0 Å². The molecule has 0 spiro atoms. The fourth-order valence-electron chi connectivity index (χ4n) is 1.69. The second-order valence-electron chi connectivity index (χ2n) is 3.91. The molecular weight excluding hydrogens is 198 g/mol. The van der Waals surface area contributed by atoms with Crippen molar-refractivity contribution in [1.29, 1.82) is 0 Å². The molecule has 1 aromatic heterocycles. The van der Waals surface area contributed by atoms with Gasteiger partial charge in [0.1, 0.15) is 11.6 Å². The van der Waals surface area contributed by atoms with E-state index in [1.807, 2.05) is 18.2 Å². The zero-order valence-electron chi connectivity index (χ0n) is 9.30. The van der Waals surface area contributed by atoms with Crippen LogP contribution in [-0.4, -0.2) is 9.97 Å². The van der Waals surface area contributed by atoms with Gasteiger partial charge in [0, 0.05) is 12.6 Å². The lowest BCUT2D eigenvalue weighted by Gasteiger charge is -2.10. The van der Waals surface area contributed by atoms with Gasteiger partial charge in [-0.25, -0.2) is 9.97 Å². The minimum absolute atomic E-state index is 0.406. The molecule has 0 amide bonds. The Balaban J connectivity index is 2.11. The molecule has 0 radical (unpaired) electrons. The van der Waals surface area contributed by atoms with Gasteiger partial charge in [0.05, 0.1) is 0 Å². The number of aromatic nitrogens is 2. The normalized spacial score (nSPS) is 12.3. The maximum Gasteiger partial charge on any atom is 0.131 e. The van der Waals surface area contributed by atoms with Crippen molar-refractivity contribution in [3.63, 3.8) is 0 Å². The summed E-state index contributed by atoms with van der Waals surface area (Å²) in [7, 11) is 0. The van der Waals surface area contributed by atoms with E-state index in [1.54, 1.807) is 12.3 Å². The van der Waals surface area contributed by atoms with Crippen molar-refractivity contribution in [2.45, 2.75) is 19.3 Å². The van der Waals surface area contributed by atoms with Gasteiger partial charge >= 0.3 is 0 Å². The molecule has 2 aromatic rings. The standard InChI is InChI=1S/C13H15N3/c1-10(11-5-3-2-4-6-11)9-13-15-8-7-12(14)16-13/h2-8,10H,9H2,1H3,(H2,14,15,16).